The van der Waals surface area contributed by atoms with Gasteiger partial charge < -0.3 is 5.11 Å². The zero-order valence-corrected chi connectivity index (χ0v) is 15.6. The van der Waals surface area contributed by atoms with E-state index in [2.05, 4.69) is 31.2 Å². The van der Waals surface area contributed by atoms with Gasteiger partial charge in [-0.15, -0.1) is 0 Å². The van der Waals surface area contributed by atoms with Gasteiger partial charge in [-0.1, -0.05) is 44.0 Å². The Labute approximate surface area is 148 Å². The molecule has 0 spiro atoms. The van der Waals surface area contributed by atoms with Crippen molar-refractivity contribution in [2.75, 3.05) is 0 Å². The minimum atomic E-state index is -0.00608. The maximum absolute atomic E-state index is 9.71. The number of rotatable bonds is 6. The molecule has 2 aliphatic carbocycles. The summed E-state index contributed by atoms with van der Waals surface area (Å²) < 4.78 is 0. The van der Waals surface area contributed by atoms with E-state index in [9.17, 15) is 5.11 Å². The molecule has 1 aromatic rings. The lowest BCUT2D eigenvalue weighted by Crippen LogP contribution is -2.27. The van der Waals surface area contributed by atoms with E-state index in [0.717, 1.165) is 30.6 Å². The molecule has 3 rings (SSSR count). The number of aryl methyl sites for hydroxylation is 1. The van der Waals surface area contributed by atoms with Crippen LogP contribution in [-0.4, -0.2) is 11.2 Å². The van der Waals surface area contributed by atoms with E-state index in [0.29, 0.717) is 0 Å². The van der Waals surface area contributed by atoms with Gasteiger partial charge in [0.2, 0.25) is 0 Å². The van der Waals surface area contributed by atoms with Crippen LogP contribution in [0.4, 0.5) is 0 Å². The lowest BCUT2D eigenvalue weighted by molar-refractivity contribution is 0.0805. The van der Waals surface area contributed by atoms with E-state index in [4.69, 9.17) is 0 Å². The normalized spacial score (nSPS) is 31.1. The van der Waals surface area contributed by atoms with Gasteiger partial charge in [0, 0.05) is 0 Å². The molecule has 0 radical (unpaired) electrons. The van der Waals surface area contributed by atoms with E-state index in [1.165, 1.54) is 69.8 Å². The number of aliphatic hydroxyl groups excluding tert-OH is 1. The molecule has 1 heteroatoms. The minimum Gasteiger partial charge on any atom is -0.393 e. The highest BCUT2D eigenvalue weighted by molar-refractivity contribution is 5.26. The van der Waals surface area contributed by atoms with Crippen molar-refractivity contribution in [3.8, 4) is 0 Å². The highest BCUT2D eigenvalue weighted by Gasteiger charge is 2.30. The molecule has 24 heavy (non-hydrogen) atoms. The number of aliphatic hydroxyl groups is 1. The quantitative estimate of drug-likeness (QED) is 0.612. The molecule has 0 saturated heterocycles. The van der Waals surface area contributed by atoms with Crippen molar-refractivity contribution in [1.29, 1.82) is 0 Å². The van der Waals surface area contributed by atoms with Crippen LogP contribution in [0, 0.1) is 11.8 Å². The monoisotopic (exact) mass is 328 g/mol. The van der Waals surface area contributed by atoms with Gasteiger partial charge in [-0.05, 0) is 93.1 Å². The predicted octanol–water partition coefficient (Wildman–Crippen LogP) is 6.24. The van der Waals surface area contributed by atoms with Crippen molar-refractivity contribution in [3.63, 3.8) is 0 Å². The van der Waals surface area contributed by atoms with Crippen molar-refractivity contribution < 1.29 is 5.11 Å². The minimum absolute atomic E-state index is 0.00608. The van der Waals surface area contributed by atoms with Crippen LogP contribution in [0.15, 0.2) is 24.3 Å². The van der Waals surface area contributed by atoms with Gasteiger partial charge in [0.1, 0.15) is 0 Å². The maximum atomic E-state index is 9.71. The van der Waals surface area contributed by atoms with Crippen molar-refractivity contribution in [2.45, 2.75) is 96.0 Å². The summed E-state index contributed by atoms with van der Waals surface area (Å²) in [7, 11) is 0. The number of benzene rings is 1. The number of hydrogen-bond acceptors (Lipinski definition) is 1. The highest BCUT2D eigenvalue weighted by Crippen LogP contribution is 2.42. The fourth-order valence-electron chi connectivity index (χ4n) is 5.03. The van der Waals surface area contributed by atoms with Gasteiger partial charge in [0.15, 0.2) is 0 Å². The Bertz CT molecular complexity index is 461. The molecule has 0 aliphatic heterocycles. The van der Waals surface area contributed by atoms with Crippen LogP contribution in [0.2, 0.25) is 0 Å². The van der Waals surface area contributed by atoms with E-state index in [1.54, 1.807) is 5.56 Å². The molecule has 2 saturated carbocycles. The Morgan fingerprint density at radius 1 is 0.792 bits per heavy atom. The summed E-state index contributed by atoms with van der Waals surface area (Å²) in [6.07, 6.45) is 15.4. The Kier molecular flexibility index (Phi) is 6.77. The maximum Gasteiger partial charge on any atom is 0.0540 e. The topological polar surface area (TPSA) is 20.2 Å². The van der Waals surface area contributed by atoms with Crippen LogP contribution in [0.1, 0.15) is 94.6 Å². The smallest absolute Gasteiger partial charge is 0.0540 e. The molecule has 2 fully saturated rings. The Balaban J connectivity index is 1.46. The molecule has 0 atom stereocenters. The lowest BCUT2D eigenvalue weighted by atomic mass is 9.69. The Morgan fingerprint density at radius 3 is 1.96 bits per heavy atom. The first-order valence-electron chi connectivity index (χ1n) is 10.5. The second kappa shape index (κ2) is 9.04. The zero-order valence-electron chi connectivity index (χ0n) is 15.6. The van der Waals surface area contributed by atoms with Gasteiger partial charge in [-0.25, -0.2) is 0 Å². The molecular weight excluding hydrogens is 292 g/mol. The summed E-state index contributed by atoms with van der Waals surface area (Å²) in [6, 6.07) is 9.56. The summed E-state index contributed by atoms with van der Waals surface area (Å²) >= 11 is 0. The number of unbranched alkanes of at least 4 members (excludes halogenated alkanes) is 2. The van der Waals surface area contributed by atoms with E-state index >= 15 is 0 Å². The summed E-state index contributed by atoms with van der Waals surface area (Å²) in [6.45, 7) is 2.27. The third kappa shape index (κ3) is 4.85. The molecule has 0 heterocycles. The van der Waals surface area contributed by atoms with Crippen molar-refractivity contribution in [1.82, 2.24) is 0 Å². The summed E-state index contributed by atoms with van der Waals surface area (Å²) in [5.41, 5.74) is 3.09. The first-order valence-corrected chi connectivity index (χ1v) is 10.5. The SMILES string of the molecule is CCCCCc1ccc(C2CCC(C3CCC(O)CC3)CC2)cc1. The molecule has 0 amide bonds. The van der Waals surface area contributed by atoms with E-state index in [-0.39, 0.29) is 6.10 Å². The van der Waals surface area contributed by atoms with E-state index < -0.39 is 0 Å². The van der Waals surface area contributed by atoms with Crippen LogP contribution >= 0.6 is 0 Å². The van der Waals surface area contributed by atoms with Crippen LogP contribution in [0.3, 0.4) is 0 Å². The van der Waals surface area contributed by atoms with Gasteiger partial charge in [-0.2, -0.15) is 0 Å². The zero-order chi connectivity index (χ0) is 16.8. The molecule has 134 valence electrons. The summed E-state index contributed by atoms with van der Waals surface area (Å²) in [5, 5.41) is 9.71. The second-order valence-corrected chi connectivity index (χ2v) is 8.38. The summed E-state index contributed by atoms with van der Waals surface area (Å²) in [5.74, 6) is 2.62. The van der Waals surface area contributed by atoms with Crippen LogP contribution in [0.25, 0.3) is 0 Å². The fraction of sp³-hybridized carbons (Fsp3) is 0.739. The molecule has 1 aromatic carbocycles. The van der Waals surface area contributed by atoms with Gasteiger partial charge in [-0.3, -0.25) is 0 Å². The molecular formula is C23H36O. The van der Waals surface area contributed by atoms with Crippen molar-refractivity contribution in [3.05, 3.63) is 35.4 Å². The van der Waals surface area contributed by atoms with Gasteiger partial charge >= 0.3 is 0 Å². The Morgan fingerprint density at radius 2 is 1.38 bits per heavy atom. The molecule has 0 aromatic heterocycles. The third-order valence-electron chi connectivity index (χ3n) is 6.70. The lowest BCUT2D eigenvalue weighted by Gasteiger charge is -2.37. The molecule has 1 N–H and O–H groups in total. The average molecular weight is 329 g/mol. The second-order valence-electron chi connectivity index (χ2n) is 8.38. The first-order chi connectivity index (χ1) is 11.8. The fourth-order valence-corrected chi connectivity index (χ4v) is 5.03. The first kappa shape index (κ1) is 18.0. The number of hydrogen-bond donors (Lipinski definition) is 1. The standard InChI is InChI=1S/C23H36O/c1-2-3-4-5-18-6-8-19(9-7-18)20-10-12-21(13-11-20)22-14-16-23(24)17-15-22/h6-9,20-24H,2-5,10-17H2,1H3. The molecule has 2 aliphatic rings. The van der Waals surface area contributed by atoms with E-state index in [1.807, 2.05) is 0 Å². The largest absolute Gasteiger partial charge is 0.393 e. The van der Waals surface area contributed by atoms with Crippen molar-refractivity contribution >= 4 is 0 Å². The Hall–Kier alpha value is -0.820. The molecule has 0 unspecified atom stereocenters. The van der Waals surface area contributed by atoms with Gasteiger partial charge in [0.25, 0.3) is 0 Å². The van der Waals surface area contributed by atoms with Crippen LogP contribution in [-0.2, 0) is 6.42 Å². The van der Waals surface area contributed by atoms with Crippen LogP contribution < -0.4 is 0 Å². The highest BCUT2D eigenvalue weighted by atomic mass is 16.3. The third-order valence-corrected chi connectivity index (χ3v) is 6.70. The van der Waals surface area contributed by atoms with Crippen LogP contribution in [0.5, 0.6) is 0 Å². The van der Waals surface area contributed by atoms with Crippen molar-refractivity contribution in [2.24, 2.45) is 11.8 Å². The predicted molar refractivity (Wildman–Crippen MR) is 102 cm³/mol. The van der Waals surface area contributed by atoms with Gasteiger partial charge in [0.05, 0.1) is 6.10 Å². The summed E-state index contributed by atoms with van der Waals surface area (Å²) in [4.78, 5) is 0. The average Bonchev–Trinajstić information content (AvgIpc) is 2.63. The molecule has 0 bridgehead atoms. The molecule has 1 nitrogen and oxygen atoms in total.